The molecule has 0 aromatic heterocycles. The van der Waals surface area contributed by atoms with Crippen LogP contribution in [0.3, 0.4) is 0 Å². The van der Waals surface area contributed by atoms with Gasteiger partial charge in [0.1, 0.15) is 0 Å². The van der Waals surface area contributed by atoms with Gasteiger partial charge in [-0.25, -0.2) is 0 Å². The van der Waals surface area contributed by atoms with E-state index in [1.807, 2.05) is 30.3 Å². The van der Waals surface area contributed by atoms with Crippen molar-refractivity contribution in [3.05, 3.63) is 58.6 Å². The van der Waals surface area contributed by atoms with Crippen molar-refractivity contribution in [2.24, 2.45) is 5.92 Å². The minimum atomic E-state index is -4.17. The largest absolute Gasteiger partial charge is 0.391 e. The summed E-state index contributed by atoms with van der Waals surface area (Å²) in [5.41, 5.74) is 2.36. The molecule has 1 heterocycles. The van der Waals surface area contributed by atoms with Crippen LogP contribution in [0.25, 0.3) is 11.1 Å². The highest BCUT2D eigenvalue weighted by Crippen LogP contribution is 2.34. The summed E-state index contributed by atoms with van der Waals surface area (Å²) < 4.78 is 39.2. The first-order chi connectivity index (χ1) is 11.9. The number of amides is 1. The topological polar surface area (TPSA) is 20.3 Å². The van der Waals surface area contributed by atoms with E-state index in [9.17, 15) is 18.0 Å². The van der Waals surface area contributed by atoms with Crippen molar-refractivity contribution in [1.82, 2.24) is 4.90 Å². The molecule has 0 radical (unpaired) electrons. The Morgan fingerprint density at radius 1 is 1.04 bits per heavy atom. The lowest BCUT2D eigenvalue weighted by Crippen LogP contribution is -2.42. The lowest BCUT2D eigenvalue weighted by molar-refractivity contribution is -0.183. The second-order valence-electron chi connectivity index (χ2n) is 6.17. The zero-order valence-corrected chi connectivity index (χ0v) is 15.0. The molecule has 3 rings (SSSR count). The average Bonchev–Trinajstić information content (AvgIpc) is 2.61. The number of alkyl halides is 3. The van der Waals surface area contributed by atoms with Crippen molar-refractivity contribution in [1.29, 1.82) is 0 Å². The fourth-order valence-electron chi connectivity index (χ4n) is 3.11. The van der Waals surface area contributed by atoms with Gasteiger partial charge in [0.05, 0.1) is 5.92 Å². The van der Waals surface area contributed by atoms with Crippen molar-refractivity contribution < 1.29 is 18.0 Å². The van der Waals surface area contributed by atoms with Crippen molar-refractivity contribution in [3.63, 3.8) is 0 Å². The molecule has 6 heteroatoms. The SMILES string of the molecule is O=C(c1cccc(-c2ccccc2Br)c1)N1CCC(C(F)(F)F)CC1. The number of carbonyl (C=O) groups excluding carboxylic acids is 1. The predicted molar refractivity (Wildman–Crippen MR) is 94.3 cm³/mol. The Labute approximate surface area is 152 Å². The fraction of sp³-hybridized carbons (Fsp3) is 0.316. The molecule has 132 valence electrons. The van der Waals surface area contributed by atoms with Gasteiger partial charge < -0.3 is 4.90 Å². The molecule has 2 aromatic rings. The Kier molecular flexibility index (Phi) is 5.18. The molecule has 1 aliphatic heterocycles. The molecule has 0 saturated carbocycles. The van der Waals surface area contributed by atoms with Gasteiger partial charge in [0, 0.05) is 23.1 Å². The number of carbonyl (C=O) groups is 1. The molecular formula is C19H17BrF3NO. The molecule has 1 amide bonds. The highest BCUT2D eigenvalue weighted by Gasteiger charge is 2.41. The second kappa shape index (κ2) is 7.20. The number of hydrogen-bond donors (Lipinski definition) is 0. The molecule has 1 aliphatic rings. The van der Waals surface area contributed by atoms with Crippen LogP contribution < -0.4 is 0 Å². The maximum atomic E-state index is 12.8. The highest BCUT2D eigenvalue weighted by atomic mass is 79.9. The van der Waals surface area contributed by atoms with E-state index in [1.54, 1.807) is 18.2 Å². The van der Waals surface area contributed by atoms with Gasteiger partial charge in [-0.3, -0.25) is 4.79 Å². The third-order valence-electron chi connectivity index (χ3n) is 4.54. The molecule has 2 aromatic carbocycles. The Hall–Kier alpha value is -1.82. The van der Waals surface area contributed by atoms with Gasteiger partial charge in [0.25, 0.3) is 5.91 Å². The second-order valence-corrected chi connectivity index (χ2v) is 7.02. The third-order valence-corrected chi connectivity index (χ3v) is 5.23. The Balaban J connectivity index is 1.76. The fourth-order valence-corrected chi connectivity index (χ4v) is 3.62. The molecule has 1 fully saturated rings. The summed E-state index contributed by atoms with van der Waals surface area (Å²) in [4.78, 5) is 14.2. The van der Waals surface area contributed by atoms with Crippen LogP contribution in [0.15, 0.2) is 53.0 Å². The summed E-state index contributed by atoms with van der Waals surface area (Å²) in [6.45, 7) is 0.282. The first-order valence-corrected chi connectivity index (χ1v) is 8.86. The average molecular weight is 412 g/mol. The Morgan fingerprint density at radius 2 is 1.72 bits per heavy atom. The number of piperidine rings is 1. The molecule has 2 nitrogen and oxygen atoms in total. The van der Waals surface area contributed by atoms with Crippen molar-refractivity contribution in [2.45, 2.75) is 19.0 Å². The van der Waals surface area contributed by atoms with Crippen LogP contribution in [-0.2, 0) is 0 Å². The van der Waals surface area contributed by atoms with E-state index in [4.69, 9.17) is 0 Å². The van der Waals surface area contributed by atoms with Crippen LogP contribution in [0.1, 0.15) is 23.2 Å². The third kappa shape index (κ3) is 4.06. The van der Waals surface area contributed by atoms with Crippen LogP contribution >= 0.6 is 15.9 Å². The molecule has 0 unspecified atom stereocenters. The van der Waals surface area contributed by atoms with Gasteiger partial charge in [0.15, 0.2) is 0 Å². The summed E-state index contributed by atoms with van der Waals surface area (Å²) in [5, 5.41) is 0. The molecule has 25 heavy (non-hydrogen) atoms. The van der Waals surface area contributed by atoms with Crippen LogP contribution in [0.4, 0.5) is 13.2 Å². The Bertz CT molecular complexity index is 767. The van der Waals surface area contributed by atoms with Gasteiger partial charge in [-0.1, -0.05) is 46.3 Å². The molecule has 0 N–H and O–H groups in total. The quantitative estimate of drug-likeness (QED) is 0.635. The number of rotatable bonds is 2. The van der Waals surface area contributed by atoms with Crippen molar-refractivity contribution >= 4 is 21.8 Å². The summed E-state index contributed by atoms with van der Waals surface area (Å²) in [7, 11) is 0. The summed E-state index contributed by atoms with van der Waals surface area (Å²) >= 11 is 3.49. The van der Waals surface area contributed by atoms with Gasteiger partial charge in [-0.05, 0) is 42.2 Å². The minimum Gasteiger partial charge on any atom is -0.339 e. The predicted octanol–water partition coefficient (Wildman–Crippen LogP) is 5.53. The number of nitrogens with zero attached hydrogens (tertiary/aromatic N) is 1. The van der Waals surface area contributed by atoms with E-state index in [0.717, 1.165) is 15.6 Å². The molecule has 0 atom stereocenters. The smallest absolute Gasteiger partial charge is 0.339 e. The van der Waals surface area contributed by atoms with Gasteiger partial charge >= 0.3 is 6.18 Å². The lowest BCUT2D eigenvalue weighted by Gasteiger charge is -2.33. The Morgan fingerprint density at radius 3 is 2.36 bits per heavy atom. The number of halogens is 4. The maximum Gasteiger partial charge on any atom is 0.391 e. The molecule has 1 saturated heterocycles. The normalized spacial score (nSPS) is 16.1. The minimum absolute atomic E-state index is 0.0286. The van der Waals surface area contributed by atoms with Crippen LogP contribution in [-0.4, -0.2) is 30.1 Å². The molecule has 0 bridgehead atoms. The summed E-state index contributed by atoms with van der Waals surface area (Å²) in [5.74, 6) is -1.52. The van der Waals surface area contributed by atoms with E-state index in [0.29, 0.717) is 5.56 Å². The van der Waals surface area contributed by atoms with Gasteiger partial charge in [-0.15, -0.1) is 0 Å². The van der Waals surface area contributed by atoms with Crippen molar-refractivity contribution in [3.8, 4) is 11.1 Å². The first-order valence-electron chi connectivity index (χ1n) is 8.07. The maximum absolute atomic E-state index is 12.8. The lowest BCUT2D eigenvalue weighted by atomic mass is 9.95. The van der Waals surface area contributed by atoms with Crippen LogP contribution in [0.5, 0.6) is 0 Å². The molecular weight excluding hydrogens is 395 g/mol. The summed E-state index contributed by atoms with van der Waals surface area (Å²) in [6, 6.07) is 14.9. The van der Waals surface area contributed by atoms with E-state index < -0.39 is 12.1 Å². The van der Waals surface area contributed by atoms with Crippen molar-refractivity contribution in [2.75, 3.05) is 13.1 Å². The number of benzene rings is 2. The standard InChI is InChI=1S/C19H17BrF3NO/c20-17-7-2-1-6-16(17)13-4-3-5-14(12-13)18(25)24-10-8-15(9-11-24)19(21,22)23/h1-7,12,15H,8-11H2. The zero-order valence-electron chi connectivity index (χ0n) is 13.4. The molecule has 0 aliphatic carbocycles. The zero-order chi connectivity index (χ0) is 18.0. The van der Waals surface area contributed by atoms with Gasteiger partial charge in [-0.2, -0.15) is 13.2 Å². The highest BCUT2D eigenvalue weighted by molar-refractivity contribution is 9.10. The number of hydrogen-bond acceptors (Lipinski definition) is 1. The van der Waals surface area contributed by atoms with E-state index in [-0.39, 0.29) is 31.8 Å². The van der Waals surface area contributed by atoms with E-state index in [2.05, 4.69) is 15.9 Å². The van der Waals surface area contributed by atoms with Crippen LogP contribution in [0.2, 0.25) is 0 Å². The van der Waals surface area contributed by atoms with E-state index >= 15 is 0 Å². The summed E-state index contributed by atoms with van der Waals surface area (Å²) in [6.07, 6.45) is -4.23. The van der Waals surface area contributed by atoms with E-state index in [1.165, 1.54) is 4.90 Å². The van der Waals surface area contributed by atoms with Gasteiger partial charge in [0.2, 0.25) is 0 Å². The number of likely N-dealkylation sites (tertiary alicyclic amines) is 1. The van der Waals surface area contributed by atoms with Crippen LogP contribution in [0, 0.1) is 5.92 Å². The molecule has 0 spiro atoms. The monoisotopic (exact) mass is 411 g/mol. The first kappa shape index (κ1) is 18.0.